The molecule has 0 spiro atoms. The zero-order valence-electron chi connectivity index (χ0n) is 9.51. The molecule has 1 aliphatic heterocycles. The highest BCUT2D eigenvalue weighted by atomic mass is 16.3. The van der Waals surface area contributed by atoms with Gasteiger partial charge in [0.2, 0.25) is 11.8 Å². The number of hydrogen-bond acceptors (Lipinski definition) is 3. The molecule has 17 heavy (non-hydrogen) atoms. The Morgan fingerprint density at radius 3 is 2.88 bits per heavy atom. The van der Waals surface area contributed by atoms with Crippen molar-refractivity contribution < 1.29 is 14.7 Å². The number of nitrogens with zero attached hydrogens (tertiary/aromatic N) is 1. The molecule has 0 saturated carbocycles. The van der Waals surface area contributed by atoms with Crippen LogP contribution in [-0.2, 0) is 9.59 Å². The summed E-state index contributed by atoms with van der Waals surface area (Å²) in [6.45, 7) is 2.43. The maximum Gasteiger partial charge on any atom is 0.250 e. The summed E-state index contributed by atoms with van der Waals surface area (Å²) < 4.78 is 0. The summed E-state index contributed by atoms with van der Waals surface area (Å²) in [5, 5.41) is 12.0. The van der Waals surface area contributed by atoms with Crippen molar-refractivity contribution >= 4 is 11.8 Å². The summed E-state index contributed by atoms with van der Waals surface area (Å²) in [5.74, 6) is -0.240. The van der Waals surface area contributed by atoms with Crippen LogP contribution in [0.1, 0.15) is 18.5 Å². The molecule has 1 fully saturated rings. The lowest BCUT2D eigenvalue weighted by Crippen LogP contribution is -2.53. The molecule has 1 atom stereocenters. The number of rotatable bonds is 2. The van der Waals surface area contributed by atoms with E-state index in [0.29, 0.717) is 12.1 Å². The number of benzene rings is 1. The van der Waals surface area contributed by atoms with E-state index < -0.39 is 6.04 Å². The third-order valence-electron chi connectivity index (χ3n) is 2.78. The number of carbonyl (C=O) groups is 2. The first-order chi connectivity index (χ1) is 8.11. The van der Waals surface area contributed by atoms with Gasteiger partial charge in [0.25, 0.3) is 0 Å². The van der Waals surface area contributed by atoms with Gasteiger partial charge in [-0.1, -0.05) is 12.1 Å². The Hall–Kier alpha value is -2.04. The number of phenolic OH excluding ortho intramolecular Hbond substituents is 1. The van der Waals surface area contributed by atoms with Gasteiger partial charge in [0.15, 0.2) is 0 Å². The molecule has 1 heterocycles. The minimum absolute atomic E-state index is 0.0816. The standard InChI is InChI=1S/C12H14N2O3/c1-2-14-7-10(16)13-11(12(14)17)8-4-3-5-9(15)6-8/h3-6,11,15H,2,7H2,1H3,(H,13,16). The predicted molar refractivity (Wildman–Crippen MR) is 61.2 cm³/mol. The van der Waals surface area contributed by atoms with Crippen LogP contribution in [0.25, 0.3) is 0 Å². The molecule has 0 aliphatic carbocycles. The lowest BCUT2D eigenvalue weighted by molar-refractivity contribution is -0.144. The number of likely N-dealkylation sites (N-methyl/N-ethyl adjacent to an activating group) is 1. The Morgan fingerprint density at radius 1 is 1.47 bits per heavy atom. The van der Waals surface area contributed by atoms with Crippen molar-refractivity contribution in [2.24, 2.45) is 0 Å². The number of phenols is 1. The highest BCUT2D eigenvalue weighted by molar-refractivity contribution is 5.95. The van der Waals surface area contributed by atoms with E-state index in [0.717, 1.165) is 0 Å². The van der Waals surface area contributed by atoms with Crippen LogP contribution >= 0.6 is 0 Å². The number of nitrogens with one attached hydrogen (secondary N) is 1. The molecule has 1 aromatic rings. The third-order valence-corrected chi connectivity index (χ3v) is 2.78. The molecule has 0 bridgehead atoms. The SMILES string of the molecule is CCN1CC(=O)NC(c2cccc(O)c2)C1=O. The van der Waals surface area contributed by atoms with E-state index in [9.17, 15) is 14.7 Å². The Balaban J connectivity index is 2.30. The zero-order chi connectivity index (χ0) is 12.4. The van der Waals surface area contributed by atoms with Crippen LogP contribution in [0, 0.1) is 0 Å². The second kappa shape index (κ2) is 4.45. The zero-order valence-corrected chi connectivity index (χ0v) is 9.51. The first-order valence-corrected chi connectivity index (χ1v) is 5.49. The molecule has 2 amide bonds. The van der Waals surface area contributed by atoms with E-state index in [2.05, 4.69) is 5.32 Å². The Bertz CT molecular complexity index is 459. The van der Waals surface area contributed by atoms with E-state index in [4.69, 9.17) is 0 Å². The lowest BCUT2D eigenvalue weighted by atomic mass is 10.0. The van der Waals surface area contributed by atoms with Gasteiger partial charge in [0.05, 0.1) is 6.54 Å². The summed E-state index contributed by atoms with van der Waals surface area (Å²) in [6, 6.07) is 5.68. The highest BCUT2D eigenvalue weighted by Gasteiger charge is 2.32. The molecule has 0 aromatic heterocycles. The van der Waals surface area contributed by atoms with Crippen LogP contribution in [0.4, 0.5) is 0 Å². The van der Waals surface area contributed by atoms with Gasteiger partial charge in [-0.3, -0.25) is 9.59 Å². The van der Waals surface area contributed by atoms with Gasteiger partial charge in [-0.05, 0) is 24.6 Å². The minimum atomic E-state index is -0.691. The molecule has 0 radical (unpaired) electrons. The van der Waals surface area contributed by atoms with Crippen LogP contribution in [0.2, 0.25) is 0 Å². The van der Waals surface area contributed by atoms with Gasteiger partial charge >= 0.3 is 0 Å². The predicted octanol–water partition coefficient (Wildman–Crippen LogP) is 0.412. The molecule has 1 aromatic carbocycles. The van der Waals surface area contributed by atoms with Crippen molar-refractivity contribution in [1.29, 1.82) is 0 Å². The Kier molecular flexibility index (Phi) is 2.99. The van der Waals surface area contributed by atoms with E-state index in [-0.39, 0.29) is 24.1 Å². The molecule has 1 aliphatic rings. The van der Waals surface area contributed by atoms with Crippen LogP contribution in [0.15, 0.2) is 24.3 Å². The molecular formula is C12H14N2O3. The summed E-state index contributed by atoms with van der Waals surface area (Å²) in [4.78, 5) is 25.0. The summed E-state index contributed by atoms with van der Waals surface area (Å²) in [6.07, 6.45) is 0. The lowest BCUT2D eigenvalue weighted by Gasteiger charge is -2.31. The average molecular weight is 234 g/mol. The van der Waals surface area contributed by atoms with Gasteiger partial charge in [-0.2, -0.15) is 0 Å². The average Bonchev–Trinajstić information content (AvgIpc) is 2.31. The maximum atomic E-state index is 12.0. The Labute approximate surface area is 99.0 Å². The van der Waals surface area contributed by atoms with Crippen molar-refractivity contribution in [3.8, 4) is 5.75 Å². The molecule has 5 nitrogen and oxygen atoms in total. The van der Waals surface area contributed by atoms with E-state index in [1.54, 1.807) is 12.1 Å². The fraction of sp³-hybridized carbons (Fsp3) is 0.333. The first kappa shape index (κ1) is 11.4. The topological polar surface area (TPSA) is 69.6 Å². The normalized spacial score (nSPS) is 20.3. The second-order valence-corrected chi connectivity index (χ2v) is 3.95. The third kappa shape index (κ3) is 2.22. The molecule has 5 heteroatoms. The smallest absolute Gasteiger partial charge is 0.250 e. The quantitative estimate of drug-likeness (QED) is 0.778. The maximum absolute atomic E-state index is 12.0. The van der Waals surface area contributed by atoms with Crippen LogP contribution in [-0.4, -0.2) is 34.9 Å². The Morgan fingerprint density at radius 2 is 2.24 bits per heavy atom. The van der Waals surface area contributed by atoms with Crippen molar-refractivity contribution in [3.63, 3.8) is 0 Å². The number of amides is 2. The number of hydrogen-bond donors (Lipinski definition) is 2. The molecular weight excluding hydrogens is 220 g/mol. The molecule has 90 valence electrons. The highest BCUT2D eigenvalue weighted by Crippen LogP contribution is 2.22. The van der Waals surface area contributed by atoms with Crippen molar-refractivity contribution in [1.82, 2.24) is 10.2 Å². The van der Waals surface area contributed by atoms with E-state index >= 15 is 0 Å². The minimum Gasteiger partial charge on any atom is -0.508 e. The summed E-state index contributed by atoms with van der Waals surface area (Å²) in [7, 11) is 0. The van der Waals surface area contributed by atoms with Gasteiger partial charge in [0.1, 0.15) is 11.8 Å². The largest absolute Gasteiger partial charge is 0.508 e. The second-order valence-electron chi connectivity index (χ2n) is 3.95. The van der Waals surface area contributed by atoms with Gasteiger partial charge < -0.3 is 15.3 Å². The first-order valence-electron chi connectivity index (χ1n) is 5.49. The number of aromatic hydroxyl groups is 1. The van der Waals surface area contributed by atoms with Crippen molar-refractivity contribution in [2.75, 3.05) is 13.1 Å². The van der Waals surface area contributed by atoms with Crippen LogP contribution < -0.4 is 5.32 Å². The van der Waals surface area contributed by atoms with E-state index in [1.165, 1.54) is 17.0 Å². The monoisotopic (exact) mass is 234 g/mol. The molecule has 1 saturated heterocycles. The van der Waals surface area contributed by atoms with Crippen LogP contribution in [0.3, 0.4) is 0 Å². The van der Waals surface area contributed by atoms with E-state index in [1.807, 2.05) is 6.92 Å². The molecule has 1 unspecified atom stereocenters. The number of carbonyl (C=O) groups excluding carboxylic acids is 2. The summed E-state index contributed by atoms with van der Waals surface area (Å²) >= 11 is 0. The summed E-state index contributed by atoms with van der Waals surface area (Å²) in [5.41, 5.74) is 0.599. The van der Waals surface area contributed by atoms with Gasteiger partial charge in [-0.15, -0.1) is 0 Å². The van der Waals surface area contributed by atoms with Gasteiger partial charge in [0, 0.05) is 6.54 Å². The van der Waals surface area contributed by atoms with Crippen molar-refractivity contribution in [3.05, 3.63) is 29.8 Å². The number of piperazine rings is 1. The molecule has 2 rings (SSSR count). The van der Waals surface area contributed by atoms with Crippen LogP contribution in [0.5, 0.6) is 5.75 Å². The fourth-order valence-electron chi connectivity index (χ4n) is 1.90. The fourth-order valence-corrected chi connectivity index (χ4v) is 1.90. The van der Waals surface area contributed by atoms with Crippen molar-refractivity contribution in [2.45, 2.75) is 13.0 Å². The molecule has 2 N–H and O–H groups in total. The van der Waals surface area contributed by atoms with Gasteiger partial charge in [-0.25, -0.2) is 0 Å².